The summed E-state index contributed by atoms with van der Waals surface area (Å²) in [7, 11) is 0. The molecule has 1 atom stereocenters. The van der Waals surface area contributed by atoms with E-state index in [-0.39, 0.29) is 24.1 Å². The summed E-state index contributed by atoms with van der Waals surface area (Å²) in [5, 5.41) is 31.3. The van der Waals surface area contributed by atoms with Gasteiger partial charge in [0.05, 0.1) is 16.9 Å². The van der Waals surface area contributed by atoms with E-state index < -0.39 is 28.8 Å². The van der Waals surface area contributed by atoms with E-state index in [0.29, 0.717) is 11.1 Å². The number of amides is 1. The second-order valence-electron chi connectivity index (χ2n) is 5.77. The van der Waals surface area contributed by atoms with Crippen LogP contribution in [0.3, 0.4) is 0 Å². The molecule has 0 bridgehead atoms. The van der Waals surface area contributed by atoms with Gasteiger partial charge in [-0.25, -0.2) is 9.59 Å². The van der Waals surface area contributed by atoms with Crippen molar-refractivity contribution in [1.29, 1.82) is 0 Å². The first-order chi connectivity index (χ1) is 12.8. The molecule has 0 spiro atoms. The maximum atomic E-state index is 12.1. The van der Waals surface area contributed by atoms with Crippen LogP contribution in [0.5, 0.6) is 0 Å². The Bertz CT molecular complexity index is 878. The minimum Gasteiger partial charge on any atom is -0.480 e. The lowest BCUT2D eigenvalue weighted by Gasteiger charge is -2.15. The lowest BCUT2D eigenvalue weighted by molar-refractivity contribution is -0.384. The first-order valence-electron chi connectivity index (χ1n) is 7.84. The van der Waals surface area contributed by atoms with Gasteiger partial charge in [-0.1, -0.05) is 24.3 Å². The molecule has 0 unspecified atom stereocenters. The monoisotopic (exact) mass is 372 g/mol. The van der Waals surface area contributed by atoms with E-state index in [0.717, 1.165) is 0 Å². The lowest BCUT2D eigenvalue weighted by atomic mass is 10.0. The van der Waals surface area contributed by atoms with Gasteiger partial charge in [-0.2, -0.15) is 0 Å². The van der Waals surface area contributed by atoms with Crippen LogP contribution in [0.25, 0.3) is 0 Å². The number of rotatable bonds is 8. The molecule has 2 rings (SSSR count). The standard InChI is InChI=1S/C18H16N2O7/c21-16(10-12-2-1-3-14(8-12)20(26)27)19-15(18(24)25)9-11-4-6-13(7-5-11)17(22)23/h1-8,15H,9-10H2,(H,19,21)(H,22,23)(H,24,25)/t15-/m1/s1. The second-order valence-corrected chi connectivity index (χ2v) is 5.77. The predicted octanol–water partition coefficient (Wildman–Crippen LogP) is 1.65. The van der Waals surface area contributed by atoms with E-state index in [1.807, 2.05) is 0 Å². The van der Waals surface area contributed by atoms with E-state index >= 15 is 0 Å². The normalized spacial score (nSPS) is 11.4. The Kier molecular flexibility index (Phi) is 6.21. The van der Waals surface area contributed by atoms with E-state index in [1.165, 1.54) is 48.5 Å². The van der Waals surface area contributed by atoms with E-state index in [2.05, 4.69) is 5.32 Å². The zero-order chi connectivity index (χ0) is 20.0. The topological polar surface area (TPSA) is 147 Å². The Hall–Kier alpha value is -3.75. The number of non-ortho nitro benzene ring substituents is 1. The number of nitrogens with one attached hydrogen (secondary N) is 1. The highest BCUT2D eigenvalue weighted by Crippen LogP contribution is 2.14. The van der Waals surface area contributed by atoms with Gasteiger partial charge in [-0.15, -0.1) is 0 Å². The molecule has 9 heteroatoms. The number of hydrogen-bond donors (Lipinski definition) is 3. The fourth-order valence-electron chi connectivity index (χ4n) is 2.43. The summed E-state index contributed by atoms with van der Waals surface area (Å²) < 4.78 is 0. The SMILES string of the molecule is O=C(Cc1cccc([N+](=O)[O-])c1)N[C@H](Cc1ccc(C(=O)O)cc1)C(=O)O. The van der Waals surface area contributed by atoms with Crippen molar-refractivity contribution in [3.63, 3.8) is 0 Å². The van der Waals surface area contributed by atoms with Crippen LogP contribution in [-0.4, -0.2) is 39.0 Å². The summed E-state index contributed by atoms with van der Waals surface area (Å²) in [5.41, 5.74) is 0.841. The van der Waals surface area contributed by atoms with E-state index in [9.17, 15) is 29.6 Å². The molecule has 0 fully saturated rings. The molecule has 0 aliphatic heterocycles. The molecule has 140 valence electrons. The molecule has 0 radical (unpaired) electrons. The second kappa shape index (κ2) is 8.56. The third kappa shape index (κ3) is 5.63. The van der Waals surface area contributed by atoms with Gasteiger partial charge < -0.3 is 15.5 Å². The molecule has 0 aliphatic rings. The fraction of sp³-hybridized carbons (Fsp3) is 0.167. The third-order valence-electron chi connectivity index (χ3n) is 3.76. The molecule has 0 aromatic heterocycles. The molecule has 0 saturated heterocycles. The highest BCUT2D eigenvalue weighted by atomic mass is 16.6. The van der Waals surface area contributed by atoms with Gasteiger partial charge in [-0.3, -0.25) is 14.9 Å². The first-order valence-corrected chi connectivity index (χ1v) is 7.84. The number of hydrogen-bond acceptors (Lipinski definition) is 5. The van der Waals surface area contributed by atoms with Gasteiger partial charge in [0.15, 0.2) is 0 Å². The van der Waals surface area contributed by atoms with Crippen LogP contribution in [0.2, 0.25) is 0 Å². The zero-order valence-corrected chi connectivity index (χ0v) is 14.0. The van der Waals surface area contributed by atoms with E-state index in [1.54, 1.807) is 0 Å². The Labute approximate surface area is 153 Å². The van der Waals surface area contributed by atoms with Crippen LogP contribution < -0.4 is 5.32 Å². The summed E-state index contributed by atoms with van der Waals surface area (Å²) in [4.78, 5) is 44.6. The first kappa shape index (κ1) is 19.6. The molecular weight excluding hydrogens is 356 g/mol. The van der Waals surface area contributed by atoms with Crippen molar-refractivity contribution in [3.8, 4) is 0 Å². The van der Waals surface area contributed by atoms with Crippen LogP contribution in [-0.2, 0) is 22.4 Å². The lowest BCUT2D eigenvalue weighted by Crippen LogP contribution is -2.43. The number of carbonyl (C=O) groups excluding carboxylic acids is 1. The molecule has 2 aromatic rings. The maximum Gasteiger partial charge on any atom is 0.335 e. The summed E-state index contributed by atoms with van der Waals surface area (Å²) in [5.74, 6) is -2.93. The zero-order valence-electron chi connectivity index (χ0n) is 14.0. The average molecular weight is 372 g/mol. The Balaban J connectivity index is 2.03. The predicted molar refractivity (Wildman–Crippen MR) is 93.5 cm³/mol. The summed E-state index contributed by atoms with van der Waals surface area (Å²) in [6.45, 7) is 0. The van der Waals surface area contributed by atoms with Gasteiger partial charge in [0.25, 0.3) is 5.69 Å². The average Bonchev–Trinajstić information content (AvgIpc) is 2.61. The highest BCUT2D eigenvalue weighted by Gasteiger charge is 2.21. The highest BCUT2D eigenvalue weighted by molar-refractivity contribution is 5.87. The van der Waals surface area contributed by atoms with Crippen molar-refractivity contribution in [3.05, 3.63) is 75.3 Å². The molecule has 27 heavy (non-hydrogen) atoms. The van der Waals surface area contributed by atoms with Crippen molar-refractivity contribution in [2.75, 3.05) is 0 Å². The van der Waals surface area contributed by atoms with Crippen molar-refractivity contribution in [1.82, 2.24) is 5.32 Å². The van der Waals surface area contributed by atoms with Crippen molar-refractivity contribution in [2.24, 2.45) is 0 Å². The van der Waals surface area contributed by atoms with Gasteiger partial charge in [0.1, 0.15) is 6.04 Å². The number of benzene rings is 2. The summed E-state index contributed by atoms with van der Waals surface area (Å²) >= 11 is 0. The van der Waals surface area contributed by atoms with E-state index in [4.69, 9.17) is 5.11 Å². The van der Waals surface area contributed by atoms with Crippen LogP contribution in [0, 0.1) is 10.1 Å². The molecule has 9 nitrogen and oxygen atoms in total. The van der Waals surface area contributed by atoms with Crippen molar-refractivity contribution >= 4 is 23.5 Å². The fourth-order valence-corrected chi connectivity index (χ4v) is 2.43. The number of carboxylic acid groups (broad SMARTS) is 2. The van der Waals surface area contributed by atoms with Crippen molar-refractivity contribution in [2.45, 2.75) is 18.9 Å². The molecule has 2 aromatic carbocycles. The number of aliphatic carboxylic acids is 1. The Morgan fingerprint density at radius 3 is 2.26 bits per heavy atom. The maximum absolute atomic E-state index is 12.1. The van der Waals surface area contributed by atoms with Crippen LogP contribution in [0.15, 0.2) is 48.5 Å². The number of nitrogens with zero attached hydrogens (tertiary/aromatic N) is 1. The number of nitro benzene ring substituents is 1. The minimum absolute atomic E-state index is 0.0318. The van der Waals surface area contributed by atoms with Gasteiger partial charge in [0, 0.05) is 18.6 Å². The molecule has 0 aliphatic carbocycles. The molecular formula is C18H16N2O7. The largest absolute Gasteiger partial charge is 0.480 e. The number of carboxylic acids is 2. The summed E-state index contributed by atoms with van der Waals surface area (Å²) in [6.07, 6.45) is -0.237. The Morgan fingerprint density at radius 1 is 1.04 bits per heavy atom. The smallest absolute Gasteiger partial charge is 0.335 e. The quantitative estimate of drug-likeness (QED) is 0.471. The molecule has 0 saturated carbocycles. The van der Waals surface area contributed by atoms with Crippen LogP contribution >= 0.6 is 0 Å². The number of aromatic carboxylic acids is 1. The molecule has 3 N–H and O–H groups in total. The number of carbonyl (C=O) groups is 3. The minimum atomic E-state index is -1.25. The van der Waals surface area contributed by atoms with Crippen LogP contribution in [0.1, 0.15) is 21.5 Å². The molecule has 1 amide bonds. The van der Waals surface area contributed by atoms with Crippen LogP contribution in [0.4, 0.5) is 5.69 Å². The van der Waals surface area contributed by atoms with Gasteiger partial charge in [-0.05, 0) is 23.3 Å². The third-order valence-corrected chi connectivity index (χ3v) is 3.76. The Morgan fingerprint density at radius 2 is 1.70 bits per heavy atom. The number of nitro groups is 1. The summed E-state index contributed by atoms with van der Waals surface area (Å²) in [6, 6.07) is 9.96. The van der Waals surface area contributed by atoms with Gasteiger partial charge in [0.2, 0.25) is 5.91 Å². The van der Waals surface area contributed by atoms with Crippen molar-refractivity contribution < 1.29 is 29.5 Å². The molecule has 0 heterocycles. The van der Waals surface area contributed by atoms with Gasteiger partial charge >= 0.3 is 11.9 Å².